The van der Waals surface area contributed by atoms with Gasteiger partial charge in [0.15, 0.2) is 0 Å². The minimum absolute atomic E-state index is 0.0540. The lowest BCUT2D eigenvalue weighted by Crippen LogP contribution is -2.01. The molecule has 2 aromatic rings. The number of ether oxygens (including phenoxy) is 1. The number of aliphatic hydroxyl groups is 2. The van der Waals surface area contributed by atoms with Crippen LogP contribution in [0.3, 0.4) is 0 Å². The molecule has 0 aliphatic rings. The van der Waals surface area contributed by atoms with Crippen LogP contribution < -0.4 is 0 Å². The number of rotatable bonds is 8. The molecule has 0 aliphatic carbocycles. The number of halogens is 1. The summed E-state index contributed by atoms with van der Waals surface area (Å²) >= 11 is 4.83. The van der Waals surface area contributed by atoms with Crippen LogP contribution in [0.1, 0.15) is 35.5 Å². The monoisotopic (exact) mass is 424 g/mol. The van der Waals surface area contributed by atoms with Crippen LogP contribution >= 0.6 is 27.3 Å². The molecule has 0 spiro atoms. The number of methoxy groups -OCH3 is 1. The van der Waals surface area contributed by atoms with E-state index in [-0.39, 0.29) is 5.75 Å². The maximum absolute atomic E-state index is 10.3. The number of phenols is 1. The smallest absolute Gasteiger partial charge is 0.121 e. The first-order valence-electron chi connectivity index (χ1n) is 7.81. The van der Waals surface area contributed by atoms with Gasteiger partial charge in [0.25, 0.3) is 0 Å². The lowest BCUT2D eigenvalue weighted by Gasteiger charge is -2.11. The third kappa shape index (κ3) is 6.12. The molecule has 2 rings (SSSR count). The normalized spacial score (nSPS) is 13.1. The highest BCUT2D eigenvalue weighted by Gasteiger charge is 2.13. The fourth-order valence-electron chi connectivity index (χ4n) is 2.38. The second-order valence-electron chi connectivity index (χ2n) is 5.58. The molecular weight excluding hydrogens is 404 g/mol. The zero-order chi connectivity index (χ0) is 18.2. The first-order valence-corrected chi connectivity index (χ1v) is 9.48. The molecule has 0 amide bonds. The molecule has 6 heteroatoms. The third-order valence-corrected chi connectivity index (χ3v) is 5.09. The number of aliphatic hydroxyl groups excluding tert-OH is 2. The summed E-state index contributed by atoms with van der Waals surface area (Å²) in [7, 11) is 1.59. The standard InChI is InChI=1S/C19H21BrO4S/c1-24-12-13(10-18(23)19-6-3-9-25-19)4-2-5-16(21)15-11-14(20)7-8-17(15)22/h2-3,6-9,11,16,18,21-23H,5,10,12H2,1H3/t4?,16-,18-/m1/s1. The second kappa shape index (κ2) is 9.92. The minimum Gasteiger partial charge on any atom is -0.508 e. The van der Waals surface area contributed by atoms with E-state index in [9.17, 15) is 15.3 Å². The van der Waals surface area contributed by atoms with Crippen molar-refractivity contribution in [1.82, 2.24) is 0 Å². The van der Waals surface area contributed by atoms with E-state index in [1.165, 1.54) is 17.4 Å². The summed E-state index contributed by atoms with van der Waals surface area (Å²) in [4.78, 5) is 0.898. The topological polar surface area (TPSA) is 69.9 Å². The Balaban J connectivity index is 2.06. The molecule has 0 aliphatic heterocycles. The first kappa shape index (κ1) is 19.9. The Bertz CT molecular complexity index is 736. The van der Waals surface area contributed by atoms with Crippen molar-refractivity contribution in [2.75, 3.05) is 13.7 Å². The number of hydrogen-bond donors (Lipinski definition) is 3. The van der Waals surface area contributed by atoms with Crippen molar-refractivity contribution < 1.29 is 20.1 Å². The van der Waals surface area contributed by atoms with Crippen molar-refractivity contribution >= 4 is 27.3 Å². The largest absolute Gasteiger partial charge is 0.508 e. The highest BCUT2D eigenvalue weighted by Crippen LogP contribution is 2.29. The first-order chi connectivity index (χ1) is 12.0. The van der Waals surface area contributed by atoms with Gasteiger partial charge in [0.1, 0.15) is 5.75 Å². The van der Waals surface area contributed by atoms with Crippen molar-refractivity contribution in [3.05, 3.63) is 68.0 Å². The molecule has 3 N–H and O–H groups in total. The van der Waals surface area contributed by atoms with Crippen LogP contribution in [-0.4, -0.2) is 29.0 Å². The fourth-order valence-corrected chi connectivity index (χ4v) is 3.47. The maximum atomic E-state index is 10.3. The number of hydrogen-bond acceptors (Lipinski definition) is 5. The van der Waals surface area contributed by atoms with Crippen LogP contribution in [0.5, 0.6) is 5.75 Å². The van der Waals surface area contributed by atoms with Gasteiger partial charge in [-0.3, -0.25) is 0 Å². The Morgan fingerprint density at radius 3 is 2.80 bits per heavy atom. The summed E-state index contributed by atoms with van der Waals surface area (Å²) in [5, 5.41) is 32.3. The lowest BCUT2D eigenvalue weighted by atomic mass is 10.0. The molecule has 0 saturated heterocycles. The summed E-state index contributed by atoms with van der Waals surface area (Å²) in [5.41, 5.74) is 4.38. The van der Waals surface area contributed by atoms with E-state index in [0.29, 0.717) is 25.0 Å². The molecule has 0 bridgehead atoms. The summed E-state index contributed by atoms with van der Waals surface area (Å²) in [6.07, 6.45) is 0.997. The van der Waals surface area contributed by atoms with Gasteiger partial charge >= 0.3 is 0 Å². The van der Waals surface area contributed by atoms with E-state index in [0.717, 1.165) is 14.9 Å². The van der Waals surface area contributed by atoms with E-state index < -0.39 is 12.2 Å². The second-order valence-corrected chi connectivity index (χ2v) is 7.47. The van der Waals surface area contributed by atoms with Gasteiger partial charge in [-0.05, 0) is 41.3 Å². The number of phenolic OH excluding ortho intramolecular Hbond substituents is 1. The van der Waals surface area contributed by atoms with Crippen LogP contribution in [-0.2, 0) is 4.74 Å². The molecule has 2 atom stereocenters. The van der Waals surface area contributed by atoms with Gasteiger partial charge in [-0.15, -0.1) is 17.1 Å². The fraction of sp³-hybridized carbons (Fsp3) is 0.316. The molecule has 1 aromatic carbocycles. The molecule has 0 saturated carbocycles. The van der Waals surface area contributed by atoms with Crippen molar-refractivity contribution in [2.45, 2.75) is 25.0 Å². The van der Waals surface area contributed by atoms with Gasteiger partial charge in [0, 0.05) is 34.9 Å². The van der Waals surface area contributed by atoms with Crippen LogP contribution in [0.4, 0.5) is 0 Å². The van der Waals surface area contributed by atoms with Crippen LogP contribution in [0.2, 0.25) is 0 Å². The Labute approximate surface area is 159 Å². The quantitative estimate of drug-likeness (QED) is 0.545. The molecule has 0 unspecified atom stereocenters. The van der Waals surface area contributed by atoms with E-state index in [2.05, 4.69) is 21.7 Å². The van der Waals surface area contributed by atoms with Crippen LogP contribution in [0.15, 0.2) is 57.6 Å². The summed E-state index contributed by atoms with van der Waals surface area (Å²) in [6, 6.07) is 8.73. The third-order valence-electron chi connectivity index (χ3n) is 3.63. The summed E-state index contributed by atoms with van der Waals surface area (Å²) in [6.45, 7) is 0.358. The van der Waals surface area contributed by atoms with Gasteiger partial charge in [-0.25, -0.2) is 0 Å². The number of thiophene rings is 1. The van der Waals surface area contributed by atoms with Crippen molar-refractivity contribution in [3.63, 3.8) is 0 Å². The average molecular weight is 425 g/mol. The molecule has 1 aromatic heterocycles. The minimum atomic E-state index is -0.837. The Morgan fingerprint density at radius 1 is 1.32 bits per heavy atom. The van der Waals surface area contributed by atoms with Gasteiger partial charge in [0.2, 0.25) is 0 Å². The van der Waals surface area contributed by atoms with Crippen LogP contribution in [0, 0.1) is 0 Å². The number of aromatic hydroxyl groups is 1. The molecule has 0 fully saturated rings. The molecule has 1 heterocycles. The van der Waals surface area contributed by atoms with E-state index >= 15 is 0 Å². The van der Waals surface area contributed by atoms with Crippen molar-refractivity contribution in [3.8, 4) is 5.75 Å². The zero-order valence-corrected chi connectivity index (χ0v) is 16.3. The zero-order valence-electron chi connectivity index (χ0n) is 13.9. The van der Waals surface area contributed by atoms with Gasteiger partial charge in [0.05, 0.1) is 18.8 Å². The average Bonchev–Trinajstić information content (AvgIpc) is 3.11. The van der Waals surface area contributed by atoms with Gasteiger partial charge < -0.3 is 20.1 Å². The predicted molar refractivity (Wildman–Crippen MR) is 103 cm³/mol. The molecule has 0 radical (unpaired) electrons. The van der Waals surface area contributed by atoms with Gasteiger partial charge in [-0.2, -0.15) is 0 Å². The molecule has 134 valence electrons. The summed E-state index contributed by atoms with van der Waals surface area (Å²) < 4.78 is 5.95. The van der Waals surface area contributed by atoms with Crippen molar-refractivity contribution in [1.29, 1.82) is 0 Å². The highest BCUT2D eigenvalue weighted by atomic mass is 79.9. The maximum Gasteiger partial charge on any atom is 0.121 e. The van der Waals surface area contributed by atoms with E-state index in [1.807, 2.05) is 17.5 Å². The SMILES string of the molecule is COCC(=C=CC[C@@H](O)c1cc(Br)ccc1O)C[C@@H](O)c1cccs1. The Hall–Kier alpha value is -1.40. The van der Waals surface area contributed by atoms with E-state index in [1.54, 1.807) is 25.3 Å². The summed E-state index contributed by atoms with van der Waals surface area (Å²) in [5.74, 6) is 0.0540. The molecular formula is C19H21BrO4S. The molecule has 25 heavy (non-hydrogen) atoms. The number of benzene rings is 1. The Kier molecular flexibility index (Phi) is 7.90. The van der Waals surface area contributed by atoms with Crippen LogP contribution in [0.25, 0.3) is 0 Å². The molecule has 4 nitrogen and oxygen atoms in total. The predicted octanol–water partition coefficient (Wildman–Crippen LogP) is 4.49. The highest BCUT2D eigenvalue weighted by molar-refractivity contribution is 9.10. The Morgan fingerprint density at radius 2 is 2.12 bits per heavy atom. The van der Waals surface area contributed by atoms with Crippen molar-refractivity contribution in [2.24, 2.45) is 0 Å². The van der Waals surface area contributed by atoms with E-state index in [4.69, 9.17) is 4.74 Å². The van der Waals surface area contributed by atoms with Gasteiger partial charge in [-0.1, -0.05) is 22.0 Å². The lowest BCUT2D eigenvalue weighted by molar-refractivity contribution is 0.167.